The number of nitrogens with zero attached hydrogens (tertiary/aromatic N) is 1. The molecule has 0 fully saturated rings. The number of alkyl halides is 1. The van der Waals surface area contributed by atoms with E-state index in [0.717, 1.165) is 39.6 Å². The first-order chi connectivity index (χ1) is 16.5. The van der Waals surface area contributed by atoms with Crippen molar-refractivity contribution in [3.8, 4) is 17.2 Å². The van der Waals surface area contributed by atoms with E-state index >= 15 is 0 Å². The number of aromatic nitrogens is 1. The number of carbonyl (C=O) groups excluding carboxylic acids is 1. The van der Waals surface area contributed by atoms with Crippen molar-refractivity contribution in [2.45, 2.75) is 26.2 Å². The van der Waals surface area contributed by atoms with Crippen molar-refractivity contribution in [2.24, 2.45) is 0 Å². The lowest BCUT2D eigenvalue weighted by Gasteiger charge is -2.17. The quantitative estimate of drug-likeness (QED) is 0.334. The molecule has 176 valence electrons. The molecule has 1 atom stereocenters. The zero-order valence-electron chi connectivity index (χ0n) is 19.4. The molecule has 7 heteroatoms. The van der Waals surface area contributed by atoms with Crippen LogP contribution in [0.4, 0.5) is 5.69 Å². The number of aromatic hydroxyl groups is 1. The largest absolute Gasteiger partial charge is 0.507 e. The third-order valence-corrected chi connectivity index (χ3v) is 6.96. The van der Waals surface area contributed by atoms with Crippen LogP contribution in [-0.2, 0) is 6.42 Å². The van der Waals surface area contributed by atoms with E-state index in [2.05, 4.69) is 11.9 Å². The van der Waals surface area contributed by atoms with E-state index in [1.807, 2.05) is 43.3 Å². The first-order valence-corrected chi connectivity index (χ1v) is 12.0. The summed E-state index contributed by atoms with van der Waals surface area (Å²) in [5.41, 5.74) is 4.10. The van der Waals surface area contributed by atoms with E-state index in [9.17, 15) is 9.90 Å². The number of hydrogen-bond acceptors (Lipinski definition) is 4. The number of halogens is 1. The van der Waals surface area contributed by atoms with Crippen molar-refractivity contribution < 1.29 is 19.4 Å². The van der Waals surface area contributed by atoms with Gasteiger partial charge in [-0.2, -0.15) is 0 Å². The van der Waals surface area contributed by atoms with E-state index in [1.165, 1.54) is 0 Å². The van der Waals surface area contributed by atoms with Gasteiger partial charge in [-0.05, 0) is 66.3 Å². The van der Waals surface area contributed by atoms with Crippen LogP contribution in [0.15, 0.2) is 42.5 Å². The number of carbonyl (C=O) groups is 1. The third kappa shape index (κ3) is 3.53. The molecule has 0 aliphatic carbocycles. The molecule has 1 aliphatic heterocycles. The molecule has 0 radical (unpaired) electrons. The van der Waals surface area contributed by atoms with E-state index in [0.29, 0.717) is 41.5 Å². The van der Waals surface area contributed by atoms with Gasteiger partial charge >= 0.3 is 0 Å². The van der Waals surface area contributed by atoms with Gasteiger partial charge in [-0.1, -0.05) is 6.92 Å². The number of amides is 1. The lowest BCUT2D eigenvalue weighted by Crippen LogP contribution is -2.30. The summed E-state index contributed by atoms with van der Waals surface area (Å²) in [5, 5.41) is 13.2. The Kier molecular flexibility index (Phi) is 5.78. The molecule has 6 nitrogen and oxygen atoms in total. The minimum atomic E-state index is -0.164. The van der Waals surface area contributed by atoms with Crippen molar-refractivity contribution in [1.29, 1.82) is 0 Å². The Balaban J connectivity index is 1.60. The predicted molar refractivity (Wildman–Crippen MR) is 136 cm³/mol. The molecule has 0 spiro atoms. The zero-order valence-corrected chi connectivity index (χ0v) is 20.2. The summed E-state index contributed by atoms with van der Waals surface area (Å²) in [6.45, 7) is 5.06. The van der Waals surface area contributed by atoms with Gasteiger partial charge in [0.05, 0.1) is 19.4 Å². The van der Waals surface area contributed by atoms with Crippen molar-refractivity contribution >= 4 is 44.9 Å². The van der Waals surface area contributed by atoms with E-state index in [4.69, 9.17) is 21.1 Å². The molecule has 0 unspecified atom stereocenters. The second-order valence-electron chi connectivity index (χ2n) is 8.52. The van der Waals surface area contributed by atoms with Gasteiger partial charge in [-0.25, -0.2) is 0 Å². The lowest BCUT2D eigenvalue weighted by molar-refractivity contribution is 0.0984. The van der Waals surface area contributed by atoms with Crippen molar-refractivity contribution in [1.82, 2.24) is 4.98 Å². The monoisotopic (exact) mass is 478 g/mol. The van der Waals surface area contributed by atoms with Crippen LogP contribution >= 0.6 is 11.6 Å². The van der Waals surface area contributed by atoms with Crippen LogP contribution < -0.4 is 14.4 Å². The Morgan fingerprint density at radius 2 is 2.00 bits per heavy atom. The number of phenolic OH excluding ortho intramolecular Hbond substituents is 1. The van der Waals surface area contributed by atoms with E-state index in [-0.39, 0.29) is 17.6 Å². The topological polar surface area (TPSA) is 74.8 Å². The minimum absolute atomic E-state index is 0.0588. The summed E-state index contributed by atoms with van der Waals surface area (Å²) in [5.74, 6) is 1.78. The lowest BCUT2D eigenvalue weighted by atomic mass is 9.95. The molecule has 2 heterocycles. The van der Waals surface area contributed by atoms with Gasteiger partial charge < -0.3 is 24.5 Å². The van der Waals surface area contributed by atoms with Gasteiger partial charge in [0.15, 0.2) is 0 Å². The zero-order chi connectivity index (χ0) is 24.0. The highest BCUT2D eigenvalue weighted by Crippen LogP contribution is 2.46. The van der Waals surface area contributed by atoms with Gasteiger partial charge in [-0.3, -0.25) is 4.79 Å². The number of hydrogen-bond donors (Lipinski definition) is 2. The van der Waals surface area contributed by atoms with Crippen LogP contribution in [0.25, 0.3) is 21.7 Å². The van der Waals surface area contributed by atoms with Crippen molar-refractivity contribution in [3.05, 3.63) is 59.3 Å². The number of aryl methyl sites for hydroxylation is 1. The Morgan fingerprint density at radius 3 is 2.71 bits per heavy atom. The van der Waals surface area contributed by atoms with Crippen LogP contribution in [0.1, 0.15) is 41.4 Å². The molecule has 1 aromatic heterocycles. The maximum Gasteiger partial charge on any atom is 0.274 e. The Labute approximate surface area is 203 Å². The molecule has 0 saturated heterocycles. The normalized spacial score (nSPS) is 15.2. The SMILES string of the molecule is CCOc1cc2cc(C(=O)N3C[C@@H](CCl)c4c3cc(O)c3ccc(OC)cc43)[nH]c2cc1CC. The number of benzene rings is 3. The van der Waals surface area contributed by atoms with E-state index in [1.54, 1.807) is 18.1 Å². The van der Waals surface area contributed by atoms with Crippen molar-refractivity contribution in [3.63, 3.8) is 0 Å². The highest BCUT2D eigenvalue weighted by Gasteiger charge is 2.35. The number of phenols is 1. The summed E-state index contributed by atoms with van der Waals surface area (Å²) in [4.78, 5) is 18.7. The second-order valence-corrected chi connectivity index (χ2v) is 8.83. The molecular formula is C27H27ClN2O4. The first kappa shape index (κ1) is 22.4. The second kappa shape index (κ2) is 8.76. The first-order valence-electron chi connectivity index (χ1n) is 11.5. The van der Waals surface area contributed by atoms with Crippen LogP contribution in [0, 0.1) is 0 Å². The summed E-state index contributed by atoms with van der Waals surface area (Å²) in [7, 11) is 1.61. The summed E-state index contributed by atoms with van der Waals surface area (Å²) in [6, 6.07) is 13.1. The van der Waals surface area contributed by atoms with Crippen LogP contribution in [0.2, 0.25) is 0 Å². The molecule has 5 rings (SSSR count). The number of anilines is 1. The molecule has 34 heavy (non-hydrogen) atoms. The van der Waals surface area contributed by atoms with Crippen LogP contribution in [0.3, 0.4) is 0 Å². The molecule has 4 aromatic rings. The third-order valence-electron chi connectivity index (χ3n) is 6.59. The van der Waals surface area contributed by atoms with E-state index < -0.39 is 0 Å². The molecule has 1 amide bonds. The van der Waals surface area contributed by atoms with Gasteiger partial charge in [0.25, 0.3) is 5.91 Å². The summed E-state index contributed by atoms with van der Waals surface area (Å²) < 4.78 is 11.2. The fourth-order valence-corrected chi connectivity index (χ4v) is 5.18. The summed E-state index contributed by atoms with van der Waals surface area (Å²) >= 11 is 6.36. The maximum atomic E-state index is 13.7. The van der Waals surface area contributed by atoms with Gasteiger partial charge in [0.1, 0.15) is 22.9 Å². The number of rotatable bonds is 6. The molecular weight excluding hydrogens is 452 g/mol. The number of fused-ring (bicyclic) bond motifs is 4. The molecule has 1 aliphatic rings. The predicted octanol–water partition coefficient (Wildman–Crippen LogP) is 5.98. The number of ether oxygens (including phenoxy) is 2. The Bertz CT molecular complexity index is 1410. The fourth-order valence-electron chi connectivity index (χ4n) is 4.93. The number of H-pyrrole nitrogens is 1. The van der Waals surface area contributed by atoms with Gasteiger partial charge in [0, 0.05) is 40.7 Å². The number of aromatic amines is 1. The highest BCUT2D eigenvalue weighted by atomic mass is 35.5. The highest BCUT2D eigenvalue weighted by molar-refractivity contribution is 6.19. The molecule has 2 N–H and O–H groups in total. The average Bonchev–Trinajstić information content (AvgIpc) is 3.44. The smallest absolute Gasteiger partial charge is 0.274 e. The Morgan fingerprint density at radius 1 is 1.18 bits per heavy atom. The number of nitrogens with one attached hydrogen (secondary N) is 1. The fraction of sp³-hybridized carbons (Fsp3) is 0.296. The number of methoxy groups -OCH3 is 1. The molecule has 3 aromatic carbocycles. The average molecular weight is 479 g/mol. The summed E-state index contributed by atoms with van der Waals surface area (Å²) in [6.07, 6.45) is 0.834. The van der Waals surface area contributed by atoms with Crippen LogP contribution in [-0.4, -0.2) is 42.1 Å². The van der Waals surface area contributed by atoms with Gasteiger partial charge in [-0.15, -0.1) is 11.6 Å². The van der Waals surface area contributed by atoms with Crippen LogP contribution in [0.5, 0.6) is 17.2 Å². The maximum absolute atomic E-state index is 13.7. The van der Waals surface area contributed by atoms with Gasteiger partial charge in [0.2, 0.25) is 0 Å². The van der Waals surface area contributed by atoms with Crippen molar-refractivity contribution in [2.75, 3.05) is 31.0 Å². The minimum Gasteiger partial charge on any atom is -0.507 e. The molecule has 0 bridgehead atoms. The standard InChI is InChI=1S/C27H27ClN2O4/c1-4-15-8-21-16(10-25(15)34-5-2)9-22(29-21)27(32)30-14-17(13-28)26-20-11-18(33-3)6-7-19(20)24(31)12-23(26)30/h6-12,17,29,31H,4-5,13-14H2,1-3H3/t17-/m1/s1. The Hall–Kier alpha value is -3.38. The molecule has 0 saturated carbocycles.